The zero-order chi connectivity index (χ0) is 14.5. The van der Waals surface area contributed by atoms with E-state index in [4.69, 9.17) is 11.6 Å². The Labute approximate surface area is 137 Å². The van der Waals surface area contributed by atoms with Crippen LogP contribution in [0.3, 0.4) is 0 Å². The number of benzene rings is 2. The fourth-order valence-corrected chi connectivity index (χ4v) is 3.15. The molecule has 1 unspecified atom stereocenters. The number of rotatable bonds is 5. The SMILES string of the molecule is CCCNC(c1ccccc1Cl)c1ccc(F)cc1I. The van der Waals surface area contributed by atoms with Gasteiger partial charge in [0.1, 0.15) is 5.82 Å². The van der Waals surface area contributed by atoms with Crippen molar-refractivity contribution < 1.29 is 4.39 Å². The number of nitrogens with one attached hydrogen (secondary N) is 1. The molecule has 0 bridgehead atoms. The fraction of sp³-hybridized carbons (Fsp3) is 0.250. The highest BCUT2D eigenvalue weighted by Gasteiger charge is 2.18. The van der Waals surface area contributed by atoms with Crippen molar-refractivity contribution in [1.82, 2.24) is 5.32 Å². The molecule has 2 rings (SSSR count). The van der Waals surface area contributed by atoms with Crippen LogP contribution in [0.2, 0.25) is 5.02 Å². The van der Waals surface area contributed by atoms with Crippen LogP contribution in [-0.2, 0) is 0 Å². The second kappa shape index (κ2) is 7.38. The van der Waals surface area contributed by atoms with Crippen molar-refractivity contribution in [2.75, 3.05) is 6.54 Å². The predicted octanol–water partition coefficient (Wildman–Crippen LogP) is 5.17. The summed E-state index contributed by atoms with van der Waals surface area (Å²) in [4.78, 5) is 0. The molecule has 0 saturated heterocycles. The van der Waals surface area contributed by atoms with Gasteiger partial charge in [0.25, 0.3) is 0 Å². The lowest BCUT2D eigenvalue weighted by atomic mass is 9.98. The molecule has 1 atom stereocenters. The minimum absolute atomic E-state index is 0.0175. The van der Waals surface area contributed by atoms with Gasteiger partial charge in [0.2, 0.25) is 0 Å². The molecule has 0 spiro atoms. The van der Waals surface area contributed by atoms with Crippen LogP contribution < -0.4 is 5.32 Å². The van der Waals surface area contributed by atoms with Gasteiger partial charge in [0, 0.05) is 8.59 Å². The topological polar surface area (TPSA) is 12.0 Å². The van der Waals surface area contributed by atoms with Crippen LogP contribution in [0.1, 0.15) is 30.5 Å². The molecule has 0 aliphatic rings. The molecule has 0 aliphatic carbocycles. The van der Waals surface area contributed by atoms with E-state index in [2.05, 4.69) is 34.8 Å². The van der Waals surface area contributed by atoms with Crippen LogP contribution >= 0.6 is 34.2 Å². The average molecular weight is 404 g/mol. The number of hydrogen-bond acceptors (Lipinski definition) is 1. The Morgan fingerprint density at radius 2 is 1.95 bits per heavy atom. The molecule has 106 valence electrons. The Morgan fingerprint density at radius 1 is 1.20 bits per heavy atom. The van der Waals surface area contributed by atoms with E-state index in [9.17, 15) is 4.39 Å². The van der Waals surface area contributed by atoms with E-state index >= 15 is 0 Å². The van der Waals surface area contributed by atoms with E-state index in [1.807, 2.05) is 30.3 Å². The molecule has 0 amide bonds. The van der Waals surface area contributed by atoms with Gasteiger partial charge in [-0.15, -0.1) is 0 Å². The van der Waals surface area contributed by atoms with Gasteiger partial charge < -0.3 is 5.32 Å². The maximum Gasteiger partial charge on any atom is 0.124 e. The summed E-state index contributed by atoms with van der Waals surface area (Å²) in [7, 11) is 0. The summed E-state index contributed by atoms with van der Waals surface area (Å²) in [5.74, 6) is -0.216. The van der Waals surface area contributed by atoms with Gasteiger partial charge in [0.05, 0.1) is 6.04 Å². The van der Waals surface area contributed by atoms with Gasteiger partial charge in [0.15, 0.2) is 0 Å². The maximum atomic E-state index is 13.3. The highest BCUT2D eigenvalue weighted by molar-refractivity contribution is 14.1. The summed E-state index contributed by atoms with van der Waals surface area (Å²) >= 11 is 8.48. The van der Waals surface area contributed by atoms with Crippen LogP contribution in [0.4, 0.5) is 4.39 Å². The molecule has 0 radical (unpaired) electrons. The van der Waals surface area contributed by atoms with Gasteiger partial charge in [-0.05, 0) is 64.9 Å². The third-order valence-corrected chi connectivity index (χ3v) is 4.37. The molecule has 0 heterocycles. The van der Waals surface area contributed by atoms with Crippen molar-refractivity contribution in [2.45, 2.75) is 19.4 Å². The first kappa shape index (κ1) is 15.7. The van der Waals surface area contributed by atoms with E-state index in [1.54, 1.807) is 6.07 Å². The van der Waals surface area contributed by atoms with Crippen LogP contribution in [0.15, 0.2) is 42.5 Å². The first-order chi connectivity index (χ1) is 9.63. The molecular weight excluding hydrogens is 388 g/mol. The first-order valence-corrected chi connectivity index (χ1v) is 8.02. The zero-order valence-corrected chi connectivity index (χ0v) is 14.1. The smallest absolute Gasteiger partial charge is 0.124 e. The van der Waals surface area contributed by atoms with Crippen LogP contribution in [-0.4, -0.2) is 6.54 Å². The van der Waals surface area contributed by atoms with Crippen LogP contribution in [0.5, 0.6) is 0 Å². The molecule has 2 aromatic carbocycles. The number of halogens is 3. The summed E-state index contributed by atoms with van der Waals surface area (Å²) in [6.45, 7) is 3.00. The Bertz CT molecular complexity index is 588. The summed E-state index contributed by atoms with van der Waals surface area (Å²) in [6.07, 6.45) is 1.03. The predicted molar refractivity (Wildman–Crippen MR) is 90.7 cm³/mol. The lowest BCUT2D eigenvalue weighted by Gasteiger charge is -2.22. The molecular formula is C16H16ClFIN. The average Bonchev–Trinajstić information content (AvgIpc) is 2.42. The molecule has 2 aromatic rings. The minimum atomic E-state index is -0.216. The quantitative estimate of drug-likeness (QED) is 0.679. The third kappa shape index (κ3) is 3.71. The Kier molecular flexibility index (Phi) is 5.81. The van der Waals surface area contributed by atoms with Crippen molar-refractivity contribution in [3.05, 3.63) is 68.0 Å². The van der Waals surface area contributed by atoms with Crippen LogP contribution in [0, 0.1) is 9.39 Å². The summed E-state index contributed by atoms with van der Waals surface area (Å²) in [5, 5.41) is 4.21. The second-order valence-corrected chi connectivity index (χ2v) is 6.14. The van der Waals surface area contributed by atoms with Crippen molar-refractivity contribution in [1.29, 1.82) is 0 Å². The standard InChI is InChI=1S/C16H16ClFIN/c1-2-9-20-16(12-5-3-4-6-14(12)17)13-8-7-11(18)10-15(13)19/h3-8,10,16,20H,2,9H2,1H3. The molecule has 1 nitrogen and oxygen atoms in total. The Hall–Kier alpha value is -0.650. The first-order valence-electron chi connectivity index (χ1n) is 6.56. The molecule has 20 heavy (non-hydrogen) atoms. The number of hydrogen-bond donors (Lipinski definition) is 1. The van der Waals surface area contributed by atoms with E-state index in [0.29, 0.717) is 0 Å². The highest BCUT2D eigenvalue weighted by atomic mass is 127. The molecule has 1 N–H and O–H groups in total. The van der Waals surface area contributed by atoms with Gasteiger partial charge in [-0.25, -0.2) is 4.39 Å². The van der Waals surface area contributed by atoms with Crippen molar-refractivity contribution in [3.8, 4) is 0 Å². The fourth-order valence-electron chi connectivity index (χ4n) is 2.12. The van der Waals surface area contributed by atoms with Crippen LogP contribution in [0.25, 0.3) is 0 Å². The van der Waals surface area contributed by atoms with E-state index in [1.165, 1.54) is 6.07 Å². The van der Waals surface area contributed by atoms with E-state index in [-0.39, 0.29) is 11.9 Å². The summed E-state index contributed by atoms with van der Waals surface area (Å²) in [5.41, 5.74) is 2.07. The van der Waals surface area contributed by atoms with Gasteiger partial charge in [-0.2, -0.15) is 0 Å². The monoisotopic (exact) mass is 403 g/mol. The van der Waals surface area contributed by atoms with E-state index < -0.39 is 0 Å². The molecule has 0 aromatic heterocycles. The molecule has 0 aliphatic heterocycles. The van der Waals surface area contributed by atoms with E-state index in [0.717, 1.165) is 32.7 Å². The van der Waals surface area contributed by atoms with Gasteiger partial charge >= 0.3 is 0 Å². The zero-order valence-electron chi connectivity index (χ0n) is 11.2. The molecule has 4 heteroatoms. The van der Waals surface area contributed by atoms with Gasteiger partial charge in [-0.1, -0.05) is 42.8 Å². The van der Waals surface area contributed by atoms with Crippen molar-refractivity contribution in [2.24, 2.45) is 0 Å². The Balaban J connectivity index is 2.44. The summed E-state index contributed by atoms with van der Waals surface area (Å²) in [6, 6.07) is 12.6. The normalized spacial score (nSPS) is 12.4. The summed E-state index contributed by atoms with van der Waals surface area (Å²) < 4.78 is 14.2. The van der Waals surface area contributed by atoms with Crippen molar-refractivity contribution in [3.63, 3.8) is 0 Å². The Morgan fingerprint density at radius 3 is 2.60 bits per heavy atom. The maximum absolute atomic E-state index is 13.3. The molecule has 0 fully saturated rings. The highest BCUT2D eigenvalue weighted by Crippen LogP contribution is 2.31. The van der Waals surface area contributed by atoms with Crippen molar-refractivity contribution >= 4 is 34.2 Å². The minimum Gasteiger partial charge on any atom is -0.306 e. The third-order valence-electron chi connectivity index (χ3n) is 3.09. The largest absolute Gasteiger partial charge is 0.306 e. The second-order valence-electron chi connectivity index (χ2n) is 4.57. The van der Waals surface area contributed by atoms with Gasteiger partial charge in [-0.3, -0.25) is 0 Å². The lowest BCUT2D eigenvalue weighted by Crippen LogP contribution is -2.24. The lowest BCUT2D eigenvalue weighted by molar-refractivity contribution is 0.590. The molecule has 0 saturated carbocycles.